The first kappa shape index (κ1) is 17.8. The van der Waals surface area contributed by atoms with Crippen molar-refractivity contribution in [2.24, 2.45) is 0 Å². The summed E-state index contributed by atoms with van der Waals surface area (Å²) >= 11 is 11.0. The Bertz CT molecular complexity index is 790. The first-order valence-corrected chi connectivity index (χ1v) is 10.7. The van der Waals surface area contributed by atoms with E-state index in [4.69, 9.17) is 16.0 Å². The van der Waals surface area contributed by atoms with Gasteiger partial charge in [0.1, 0.15) is 6.26 Å². The molecule has 0 bridgehead atoms. The summed E-state index contributed by atoms with van der Waals surface area (Å²) in [5, 5.41) is 9.11. The van der Waals surface area contributed by atoms with Crippen LogP contribution in [0.15, 0.2) is 43.6 Å². The van der Waals surface area contributed by atoms with Crippen LogP contribution in [0.3, 0.4) is 0 Å². The molecular formula is C16H16ClN3OS3. The van der Waals surface area contributed by atoms with Crippen molar-refractivity contribution < 1.29 is 4.42 Å². The fraction of sp³-hybridized carbons (Fsp3) is 0.312. The van der Waals surface area contributed by atoms with Crippen molar-refractivity contribution in [1.29, 1.82) is 0 Å². The summed E-state index contributed by atoms with van der Waals surface area (Å²) in [6.45, 7) is 2.19. The predicted molar refractivity (Wildman–Crippen MR) is 102 cm³/mol. The van der Waals surface area contributed by atoms with Gasteiger partial charge in [0.25, 0.3) is 0 Å². The summed E-state index contributed by atoms with van der Waals surface area (Å²) in [4.78, 5) is 4.51. The van der Waals surface area contributed by atoms with Gasteiger partial charge in [-0.25, -0.2) is 4.98 Å². The largest absolute Gasteiger partial charge is 0.444 e. The van der Waals surface area contributed by atoms with Gasteiger partial charge in [-0.1, -0.05) is 65.9 Å². The summed E-state index contributed by atoms with van der Waals surface area (Å²) in [5.41, 5.74) is 1.76. The average Bonchev–Trinajstić information content (AvgIpc) is 3.22. The third-order valence-corrected chi connectivity index (χ3v) is 6.62. The van der Waals surface area contributed by atoms with Gasteiger partial charge in [0, 0.05) is 22.1 Å². The summed E-state index contributed by atoms with van der Waals surface area (Å²) in [6, 6.07) is 7.49. The van der Waals surface area contributed by atoms with Crippen LogP contribution in [0, 0.1) is 0 Å². The van der Waals surface area contributed by atoms with Crippen molar-refractivity contribution in [2.45, 2.75) is 34.2 Å². The van der Waals surface area contributed by atoms with E-state index in [0.717, 1.165) is 25.7 Å². The molecule has 24 heavy (non-hydrogen) atoms. The molecule has 0 amide bonds. The van der Waals surface area contributed by atoms with Crippen LogP contribution < -0.4 is 0 Å². The quantitative estimate of drug-likeness (QED) is 0.341. The zero-order valence-corrected chi connectivity index (χ0v) is 16.3. The van der Waals surface area contributed by atoms with E-state index in [2.05, 4.69) is 22.1 Å². The van der Waals surface area contributed by atoms with Gasteiger partial charge >= 0.3 is 0 Å². The number of nitrogens with zero attached hydrogens (tertiary/aromatic N) is 3. The van der Waals surface area contributed by atoms with Gasteiger partial charge in [0.15, 0.2) is 8.68 Å². The second-order valence-corrected chi connectivity index (χ2v) is 8.96. The van der Waals surface area contributed by atoms with Crippen molar-refractivity contribution in [2.75, 3.05) is 5.75 Å². The molecule has 126 valence electrons. The zero-order valence-electron chi connectivity index (χ0n) is 13.1. The highest BCUT2D eigenvalue weighted by Crippen LogP contribution is 2.31. The fourth-order valence-electron chi connectivity index (χ4n) is 1.88. The molecule has 0 N–H and O–H groups in total. The number of oxazole rings is 1. The molecule has 0 radical (unpaired) electrons. The number of hydrogen-bond acceptors (Lipinski definition) is 7. The smallest absolute Gasteiger partial charge is 0.226 e. The molecule has 0 saturated carbocycles. The number of aromatic nitrogens is 3. The summed E-state index contributed by atoms with van der Waals surface area (Å²) in [6.07, 6.45) is 4.09. The van der Waals surface area contributed by atoms with Gasteiger partial charge in [0.05, 0.1) is 5.69 Å². The van der Waals surface area contributed by atoms with Crippen LogP contribution in [0.2, 0.25) is 5.02 Å². The first-order valence-electron chi connectivity index (χ1n) is 7.54. The molecule has 0 aliphatic heterocycles. The second kappa shape index (κ2) is 8.89. The minimum atomic E-state index is 0.584. The Morgan fingerprint density at radius 3 is 2.83 bits per heavy atom. The molecule has 0 aliphatic rings. The van der Waals surface area contributed by atoms with E-state index in [-0.39, 0.29) is 0 Å². The Hall–Kier alpha value is -1.02. The molecule has 0 atom stereocenters. The van der Waals surface area contributed by atoms with Gasteiger partial charge in [-0.15, -0.1) is 10.2 Å². The molecule has 0 fully saturated rings. The molecule has 3 aromatic rings. The highest BCUT2D eigenvalue weighted by atomic mass is 35.5. The van der Waals surface area contributed by atoms with E-state index < -0.39 is 0 Å². The summed E-state index contributed by atoms with van der Waals surface area (Å²) < 4.78 is 7.54. The Morgan fingerprint density at radius 2 is 2.04 bits per heavy atom. The Labute approximate surface area is 158 Å². The maximum absolute atomic E-state index is 6.00. The maximum Gasteiger partial charge on any atom is 0.226 e. The topological polar surface area (TPSA) is 51.8 Å². The fourth-order valence-corrected chi connectivity index (χ4v) is 5.12. The molecule has 3 rings (SSSR count). The van der Waals surface area contributed by atoms with E-state index in [1.54, 1.807) is 41.1 Å². The molecule has 0 saturated heterocycles. The lowest BCUT2D eigenvalue weighted by atomic mass is 10.2. The molecule has 0 spiro atoms. The van der Waals surface area contributed by atoms with Crippen molar-refractivity contribution in [3.63, 3.8) is 0 Å². The lowest BCUT2D eigenvalue weighted by molar-refractivity contribution is 0.573. The molecule has 0 aliphatic carbocycles. The number of hydrogen-bond donors (Lipinski definition) is 0. The second-order valence-electron chi connectivity index (χ2n) is 4.98. The number of unbranched alkanes of at least 4 members (excludes halogenated alkanes) is 1. The van der Waals surface area contributed by atoms with Crippen LogP contribution in [-0.2, 0) is 5.75 Å². The molecule has 0 unspecified atom stereocenters. The minimum Gasteiger partial charge on any atom is -0.444 e. The maximum atomic E-state index is 6.00. The van der Waals surface area contributed by atoms with Crippen molar-refractivity contribution in [1.82, 2.24) is 15.2 Å². The molecule has 4 nitrogen and oxygen atoms in total. The van der Waals surface area contributed by atoms with Gasteiger partial charge in [0.2, 0.25) is 5.89 Å². The van der Waals surface area contributed by atoms with Crippen LogP contribution in [0.4, 0.5) is 0 Å². The van der Waals surface area contributed by atoms with Crippen LogP contribution in [0.25, 0.3) is 11.5 Å². The third kappa shape index (κ3) is 4.99. The predicted octanol–water partition coefficient (Wildman–Crippen LogP) is 6.03. The third-order valence-electron chi connectivity index (χ3n) is 3.08. The molecule has 2 aromatic heterocycles. The highest BCUT2D eigenvalue weighted by molar-refractivity contribution is 8.02. The number of rotatable bonds is 8. The standard InChI is InChI=1S/C16H16ClN3OS3/c1-2-3-7-22-15-19-20-16(24-15)23-10-13-9-21-14(18-13)11-5-4-6-12(17)8-11/h4-6,8-9H,2-3,7,10H2,1H3. The number of thioether (sulfide) groups is 2. The van der Waals surface area contributed by atoms with Crippen molar-refractivity contribution >= 4 is 46.5 Å². The summed E-state index contributed by atoms with van der Waals surface area (Å²) in [5.74, 6) is 2.39. The van der Waals surface area contributed by atoms with Gasteiger partial charge < -0.3 is 4.42 Å². The van der Waals surface area contributed by atoms with Gasteiger partial charge in [-0.3, -0.25) is 0 Å². The Balaban J connectivity index is 1.56. The molecule has 1 aromatic carbocycles. The van der Waals surface area contributed by atoms with E-state index in [0.29, 0.717) is 16.7 Å². The number of halogens is 1. The highest BCUT2D eigenvalue weighted by Gasteiger charge is 2.10. The lowest BCUT2D eigenvalue weighted by Crippen LogP contribution is -1.82. The lowest BCUT2D eigenvalue weighted by Gasteiger charge is -1.95. The molecular weight excluding hydrogens is 382 g/mol. The Kier molecular flexibility index (Phi) is 6.59. The first-order chi connectivity index (χ1) is 11.7. The van der Waals surface area contributed by atoms with E-state index in [1.165, 1.54) is 12.8 Å². The molecule has 8 heteroatoms. The summed E-state index contributed by atoms with van der Waals surface area (Å²) in [7, 11) is 0. The van der Waals surface area contributed by atoms with Crippen LogP contribution in [0.5, 0.6) is 0 Å². The molecule has 2 heterocycles. The van der Waals surface area contributed by atoms with Crippen LogP contribution >= 0.6 is 46.5 Å². The SMILES string of the molecule is CCCCSc1nnc(SCc2coc(-c3cccc(Cl)c3)n2)s1. The zero-order chi connectivity index (χ0) is 16.8. The average molecular weight is 398 g/mol. The normalized spacial score (nSPS) is 11.1. The van der Waals surface area contributed by atoms with E-state index >= 15 is 0 Å². The van der Waals surface area contributed by atoms with E-state index in [1.807, 2.05) is 24.3 Å². The van der Waals surface area contributed by atoms with Crippen molar-refractivity contribution in [3.05, 3.63) is 41.2 Å². The van der Waals surface area contributed by atoms with Crippen LogP contribution in [-0.4, -0.2) is 20.9 Å². The van der Waals surface area contributed by atoms with Crippen LogP contribution in [0.1, 0.15) is 25.5 Å². The van der Waals surface area contributed by atoms with E-state index in [9.17, 15) is 0 Å². The number of benzene rings is 1. The monoisotopic (exact) mass is 397 g/mol. The minimum absolute atomic E-state index is 0.584. The Morgan fingerprint density at radius 1 is 1.21 bits per heavy atom. The van der Waals surface area contributed by atoms with Gasteiger partial charge in [-0.2, -0.15) is 0 Å². The van der Waals surface area contributed by atoms with Crippen molar-refractivity contribution in [3.8, 4) is 11.5 Å². The van der Waals surface area contributed by atoms with Gasteiger partial charge in [-0.05, 0) is 24.6 Å².